The molecule has 0 saturated carbocycles. The van der Waals surface area contributed by atoms with Gasteiger partial charge in [-0.25, -0.2) is 0 Å². The molecule has 2 aliphatic rings. The molecule has 0 bridgehead atoms. The highest BCUT2D eigenvalue weighted by Gasteiger charge is 2.35. The van der Waals surface area contributed by atoms with E-state index in [4.69, 9.17) is 4.74 Å². The monoisotopic (exact) mass is 267 g/mol. The Kier molecular flexibility index (Phi) is 4.58. The van der Waals surface area contributed by atoms with Crippen LogP contribution in [-0.4, -0.2) is 35.7 Å². The van der Waals surface area contributed by atoms with Crippen LogP contribution < -0.4 is 5.32 Å². The number of aliphatic carboxylic acids is 1. The molecule has 2 N–H and O–H groups in total. The zero-order valence-corrected chi connectivity index (χ0v) is 11.2. The van der Waals surface area contributed by atoms with Crippen molar-refractivity contribution in [2.45, 2.75) is 44.8 Å². The van der Waals surface area contributed by atoms with E-state index < -0.39 is 17.8 Å². The maximum Gasteiger partial charge on any atom is 0.307 e. The van der Waals surface area contributed by atoms with Crippen molar-refractivity contribution in [3.05, 3.63) is 12.2 Å². The van der Waals surface area contributed by atoms with Crippen molar-refractivity contribution in [3.8, 4) is 0 Å². The van der Waals surface area contributed by atoms with Gasteiger partial charge in [-0.15, -0.1) is 0 Å². The Morgan fingerprint density at radius 1 is 1.26 bits per heavy atom. The van der Waals surface area contributed by atoms with Crippen molar-refractivity contribution in [1.82, 2.24) is 5.32 Å². The number of nitrogens with one attached hydrogen (secondary N) is 1. The van der Waals surface area contributed by atoms with Gasteiger partial charge in [0.15, 0.2) is 0 Å². The van der Waals surface area contributed by atoms with E-state index in [2.05, 4.69) is 5.32 Å². The molecule has 0 radical (unpaired) electrons. The Hall–Kier alpha value is -1.36. The summed E-state index contributed by atoms with van der Waals surface area (Å²) in [5.41, 5.74) is 0. The van der Waals surface area contributed by atoms with E-state index in [9.17, 15) is 14.7 Å². The van der Waals surface area contributed by atoms with Crippen molar-refractivity contribution in [3.63, 3.8) is 0 Å². The van der Waals surface area contributed by atoms with Gasteiger partial charge in [0.05, 0.1) is 17.9 Å². The Balaban J connectivity index is 1.94. The number of allylic oxidation sites excluding steroid dienone is 2. The van der Waals surface area contributed by atoms with Crippen molar-refractivity contribution in [2.24, 2.45) is 11.8 Å². The summed E-state index contributed by atoms with van der Waals surface area (Å²) in [6.45, 7) is 2.64. The summed E-state index contributed by atoms with van der Waals surface area (Å²) in [6.07, 6.45) is 6.46. The van der Waals surface area contributed by atoms with Gasteiger partial charge in [0.2, 0.25) is 5.91 Å². The first-order valence-electron chi connectivity index (χ1n) is 6.87. The van der Waals surface area contributed by atoms with Gasteiger partial charge >= 0.3 is 5.97 Å². The second kappa shape index (κ2) is 6.19. The lowest BCUT2D eigenvalue weighted by Crippen LogP contribution is -2.46. The molecule has 5 nitrogen and oxygen atoms in total. The Labute approximate surface area is 113 Å². The zero-order valence-electron chi connectivity index (χ0n) is 11.2. The molecule has 1 fully saturated rings. The molecule has 106 valence electrons. The van der Waals surface area contributed by atoms with Crippen LogP contribution >= 0.6 is 0 Å². The molecule has 0 aromatic heterocycles. The molecule has 1 aliphatic carbocycles. The molecule has 19 heavy (non-hydrogen) atoms. The minimum atomic E-state index is -0.884. The Morgan fingerprint density at radius 3 is 2.58 bits per heavy atom. The number of carboxylic acids is 1. The maximum absolute atomic E-state index is 12.2. The summed E-state index contributed by atoms with van der Waals surface area (Å²) in [5, 5.41) is 12.2. The number of hydrogen-bond donors (Lipinski definition) is 2. The van der Waals surface area contributed by atoms with Crippen LogP contribution in [0.25, 0.3) is 0 Å². The number of carbonyl (C=O) groups excluding carboxylic acids is 1. The predicted octanol–water partition coefficient (Wildman–Crippen LogP) is 1.34. The molecule has 0 aromatic carbocycles. The summed E-state index contributed by atoms with van der Waals surface area (Å²) >= 11 is 0. The van der Waals surface area contributed by atoms with E-state index in [-0.39, 0.29) is 18.1 Å². The molecule has 1 amide bonds. The molecule has 2 unspecified atom stereocenters. The van der Waals surface area contributed by atoms with Crippen LogP contribution in [-0.2, 0) is 14.3 Å². The molecule has 1 aliphatic heterocycles. The first-order chi connectivity index (χ1) is 9.08. The fraction of sp³-hybridized carbons (Fsp3) is 0.714. The fourth-order valence-electron chi connectivity index (χ4n) is 2.81. The fourth-order valence-corrected chi connectivity index (χ4v) is 2.81. The third-order valence-corrected chi connectivity index (χ3v) is 3.92. The van der Waals surface area contributed by atoms with Gasteiger partial charge in [-0.05, 0) is 32.6 Å². The number of carboxylic acid groups (broad SMARTS) is 1. The summed E-state index contributed by atoms with van der Waals surface area (Å²) in [7, 11) is 0. The molecule has 1 heterocycles. The quantitative estimate of drug-likeness (QED) is 0.757. The van der Waals surface area contributed by atoms with Crippen molar-refractivity contribution >= 4 is 11.9 Å². The molecule has 0 aromatic rings. The van der Waals surface area contributed by atoms with E-state index in [1.54, 1.807) is 0 Å². The highest BCUT2D eigenvalue weighted by atomic mass is 16.5. The third kappa shape index (κ3) is 3.56. The van der Waals surface area contributed by atoms with Gasteiger partial charge in [0.1, 0.15) is 0 Å². The van der Waals surface area contributed by atoms with Gasteiger partial charge in [-0.1, -0.05) is 12.2 Å². The highest BCUT2D eigenvalue weighted by molar-refractivity contribution is 5.85. The van der Waals surface area contributed by atoms with Crippen LogP contribution in [0.2, 0.25) is 0 Å². The van der Waals surface area contributed by atoms with Crippen LogP contribution in [0.1, 0.15) is 32.6 Å². The maximum atomic E-state index is 12.2. The first-order valence-corrected chi connectivity index (χ1v) is 6.87. The van der Waals surface area contributed by atoms with Crippen molar-refractivity contribution < 1.29 is 19.4 Å². The lowest BCUT2D eigenvalue weighted by molar-refractivity contribution is -0.147. The average Bonchev–Trinajstić information content (AvgIpc) is 2.38. The van der Waals surface area contributed by atoms with Crippen molar-refractivity contribution in [1.29, 1.82) is 0 Å². The summed E-state index contributed by atoms with van der Waals surface area (Å²) < 4.78 is 5.44. The molecule has 5 heteroatoms. The molecule has 2 rings (SSSR count). The number of amides is 1. The lowest BCUT2D eigenvalue weighted by Gasteiger charge is -2.31. The van der Waals surface area contributed by atoms with Crippen molar-refractivity contribution in [2.75, 3.05) is 6.61 Å². The number of rotatable bonds is 3. The summed E-state index contributed by atoms with van der Waals surface area (Å²) in [6, 6.07) is 0.108. The third-order valence-electron chi connectivity index (χ3n) is 3.92. The smallest absolute Gasteiger partial charge is 0.307 e. The van der Waals surface area contributed by atoms with E-state index in [0.29, 0.717) is 19.4 Å². The lowest BCUT2D eigenvalue weighted by atomic mass is 9.82. The Bertz CT molecular complexity index is 380. The molecular weight excluding hydrogens is 246 g/mol. The van der Waals surface area contributed by atoms with Gasteiger partial charge in [0, 0.05) is 12.6 Å². The second-order valence-electron chi connectivity index (χ2n) is 5.41. The van der Waals surface area contributed by atoms with E-state index >= 15 is 0 Å². The average molecular weight is 267 g/mol. The summed E-state index contributed by atoms with van der Waals surface area (Å²) in [4.78, 5) is 23.4. The van der Waals surface area contributed by atoms with E-state index in [0.717, 1.165) is 12.8 Å². The normalized spacial score (nSPS) is 34.8. The van der Waals surface area contributed by atoms with Crippen LogP contribution in [0.3, 0.4) is 0 Å². The van der Waals surface area contributed by atoms with E-state index in [1.807, 2.05) is 19.1 Å². The highest BCUT2D eigenvalue weighted by Crippen LogP contribution is 2.26. The van der Waals surface area contributed by atoms with Crippen LogP contribution in [0.5, 0.6) is 0 Å². The SMILES string of the molecule is CC1CC(NC(=O)[C@@H]2CC=CC[C@@H]2C(=O)O)CCO1. The molecule has 0 spiro atoms. The predicted molar refractivity (Wildman–Crippen MR) is 69.6 cm³/mol. The van der Waals surface area contributed by atoms with Gasteiger partial charge in [0.25, 0.3) is 0 Å². The molecule has 4 atom stereocenters. The zero-order chi connectivity index (χ0) is 13.8. The van der Waals surface area contributed by atoms with Gasteiger partial charge in [-0.3, -0.25) is 9.59 Å². The van der Waals surface area contributed by atoms with Gasteiger partial charge < -0.3 is 15.2 Å². The topological polar surface area (TPSA) is 75.6 Å². The van der Waals surface area contributed by atoms with E-state index in [1.165, 1.54) is 0 Å². The van der Waals surface area contributed by atoms with Crippen LogP contribution in [0.15, 0.2) is 12.2 Å². The molecular formula is C14H21NO4. The second-order valence-corrected chi connectivity index (χ2v) is 5.41. The standard InChI is InChI=1S/C14H21NO4/c1-9-8-10(6-7-19-9)15-13(16)11-4-2-3-5-12(11)14(17)18/h2-3,9-12H,4-8H2,1H3,(H,15,16)(H,17,18)/t9?,10?,11-,12+/m1/s1. The first kappa shape index (κ1) is 14.1. The number of carbonyl (C=O) groups is 2. The summed E-state index contributed by atoms with van der Waals surface area (Å²) in [5.74, 6) is -2.05. The van der Waals surface area contributed by atoms with Gasteiger partial charge in [-0.2, -0.15) is 0 Å². The Morgan fingerprint density at radius 2 is 1.95 bits per heavy atom. The number of hydrogen-bond acceptors (Lipinski definition) is 3. The number of ether oxygens (including phenoxy) is 1. The molecule has 1 saturated heterocycles. The van der Waals surface area contributed by atoms with Crippen LogP contribution in [0.4, 0.5) is 0 Å². The minimum absolute atomic E-state index is 0.108. The minimum Gasteiger partial charge on any atom is -0.481 e. The van der Waals surface area contributed by atoms with Crippen LogP contribution in [0, 0.1) is 11.8 Å². The largest absolute Gasteiger partial charge is 0.481 e.